The molecule has 0 bridgehead atoms. The van der Waals surface area contributed by atoms with Gasteiger partial charge in [-0.25, -0.2) is 22.9 Å². The zero-order valence-corrected chi connectivity index (χ0v) is 17.3. The van der Waals surface area contributed by atoms with Crippen LogP contribution in [0.15, 0.2) is 52.7 Å². The average Bonchev–Trinajstić information content (AvgIpc) is 3.27. The van der Waals surface area contributed by atoms with Gasteiger partial charge in [0.1, 0.15) is 5.82 Å². The van der Waals surface area contributed by atoms with Crippen molar-refractivity contribution >= 4 is 10.0 Å². The second-order valence-corrected chi connectivity index (χ2v) is 9.25. The Kier molecular flexibility index (Phi) is 5.13. The van der Waals surface area contributed by atoms with E-state index in [2.05, 4.69) is 10.1 Å². The van der Waals surface area contributed by atoms with Crippen molar-refractivity contribution in [2.75, 3.05) is 13.1 Å². The summed E-state index contributed by atoms with van der Waals surface area (Å²) in [6.45, 7) is 0.686. The first kappa shape index (κ1) is 19.6. The first-order valence-electron chi connectivity index (χ1n) is 9.52. The SMILES string of the molecule is Cn1cnc(S(=O)(=O)N2CCC(n3c(Cc4ccccc4)nn(C)c3=O)CC2)c1. The third kappa shape index (κ3) is 3.77. The average molecular weight is 417 g/mol. The fourth-order valence-electron chi connectivity index (χ4n) is 3.79. The summed E-state index contributed by atoms with van der Waals surface area (Å²) in [5.41, 5.74) is 0.913. The van der Waals surface area contributed by atoms with Crippen LogP contribution in [-0.4, -0.2) is 49.7 Å². The highest BCUT2D eigenvalue weighted by atomic mass is 32.2. The number of hydrogen-bond acceptors (Lipinski definition) is 5. The molecule has 1 aromatic carbocycles. The Hall–Kier alpha value is -2.72. The highest BCUT2D eigenvalue weighted by Gasteiger charge is 2.33. The molecule has 9 nitrogen and oxygen atoms in total. The summed E-state index contributed by atoms with van der Waals surface area (Å²) >= 11 is 0. The summed E-state index contributed by atoms with van der Waals surface area (Å²) < 4.78 is 31.7. The molecular weight excluding hydrogens is 392 g/mol. The van der Waals surface area contributed by atoms with E-state index in [1.165, 1.54) is 21.5 Å². The molecule has 0 radical (unpaired) electrons. The third-order valence-corrected chi connectivity index (χ3v) is 7.09. The number of piperidine rings is 1. The molecule has 0 N–H and O–H groups in total. The largest absolute Gasteiger partial charge is 0.345 e. The van der Waals surface area contributed by atoms with Crippen LogP contribution < -0.4 is 5.69 Å². The molecule has 2 aromatic heterocycles. The lowest BCUT2D eigenvalue weighted by Crippen LogP contribution is -2.41. The van der Waals surface area contributed by atoms with E-state index in [1.54, 1.807) is 23.2 Å². The standard InChI is InChI=1S/C19H24N6O3S/c1-22-13-18(20-14-22)29(27,28)24-10-8-16(9-11-24)25-17(21-23(2)19(25)26)12-15-6-4-3-5-7-15/h3-7,13-14,16H,8-12H2,1-2H3. The molecule has 4 rings (SSSR count). The molecule has 29 heavy (non-hydrogen) atoms. The van der Waals surface area contributed by atoms with E-state index in [9.17, 15) is 13.2 Å². The second kappa shape index (κ2) is 7.60. The van der Waals surface area contributed by atoms with Gasteiger partial charge in [-0.2, -0.15) is 9.40 Å². The molecule has 10 heteroatoms. The zero-order valence-electron chi connectivity index (χ0n) is 16.5. The van der Waals surface area contributed by atoms with E-state index in [0.717, 1.165) is 5.56 Å². The number of rotatable bonds is 5. The van der Waals surface area contributed by atoms with Crippen molar-refractivity contribution in [3.8, 4) is 0 Å². The maximum atomic E-state index is 12.8. The molecule has 0 amide bonds. The smallest absolute Gasteiger partial charge is 0.339 e. The molecule has 154 valence electrons. The van der Waals surface area contributed by atoms with Crippen LogP contribution in [0.2, 0.25) is 0 Å². The van der Waals surface area contributed by atoms with Gasteiger partial charge in [-0.05, 0) is 18.4 Å². The predicted molar refractivity (Wildman–Crippen MR) is 107 cm³/mol. The van der Waals surface area contributed by atoms with Gasteiger partial charge < -0.3 is 4.57 Å². The van der Waals surface area contributed by atoms with Crippen LogP contribution in [0.5, 0.6) is 0 Å². The lowest BCUT2D eigenvalue weighted by atomic mass is 10.1. The number of nitrogens with zero attached hydrogens (tertiary/aromatic N) is 6. The summed E-state index contributed by atoms with van der Waals surface area (Å²) in [5.74, 6) is 0.703. The van der Waals surface area contributed by atoms with Crippen molar-refractivity contribution in [1.29, 1.82) is 0 Å². The summed E-state index contributed by atoms with van der Waals surface area (Å²) in [6.07, 6.45) is 4.65. The van der Waals surface area contributed by atoms with Gasteiger partial charge in [0.25, 0.3) is 10.0 Å². The molecular formula is C19H24N6O3S. The van der Waals surface area contributed by atoms with Gasteiger partial charge in [-0.3, -0.25) is 4.57 Å². The highest BCUT2D eigenvalue weighted by molar-refractivity contribution is 7.89. The summed E-state index contributed by atoms with van der Waals surface area (Å²) in [4.78, 5) is 16.7. The molecule has 3 heterocycles. The van der Waals surface area contributed by atoms with Crippen molar-refractivity contribution in [1.82, 2.24) is 28.2 Å². The molecule has 3 aromatic rings. The maximum Gasteiger partial charge on any atom is 0.345 e. The minimum Gasteiger partial charge on any atom is -0.339 e. The first-order chi connectivity index (χ1) is 13.9. The van der Waals surface area contributed by atoms with Crippen LogP contribution in [0.25, 0.3) is 0 Å². The Morgan fingerprint density at radius 1 is 1.10 bits per heavy atom. The predicted octanol–water partition coefficient (Wildman–Crippen LogP) is 0.932. The van der Waals surface area contributed by atoms with Crippen molar-refractivity contribution in [2.24, 2.45) is 14.1 Å². The lowest BCUT2D eigenvalue weighted by Gasteiger charge is -2.31. The Morgan fingerprint density at radius 2 is 1.79 bits per heavy atom. The number of hydrogen-bond donors (Lipinski definition) is 0. The van der Waals surface area contributed by atoms with Gasteiger partial charge in [0.2, 0.25) is 0 Å². The number of aryl methyl sites for hydroxylation is 2. The Balaban J connectivity index is 1.54. The van der Waals surface area contributed by atoms with Gasteiger partial charge in [-0.15, -0.1) is 0 Å². The molecule has 1 fully saturated rings. The minimum absolute atomic E-state index is 0.0572. The third-order valence-electron chi connectivity index (χ3n) is 5.31. The van der Waals surface area contributed by atoms with Gasteiger partial charge in [-0.1, -0.05) is 30.3 Å². The normalized spacial score (nSPS) is 16.3. The van der Waals surface area contributed by atoms with Crippen molar-refractivity contribution < 1.29 is 8.42 Å². The van der Waals surface area contributed by atoms with Crippen LogP contribution >= 0.6 is 0 Å². The molecule has 0 aliphatic carbocycles. The number of sulfonamides is 1. The number of benzene rings is 1. The quantitative estimate of drug-likeness (QED) is 0.617. The minimum atomic E-state index is -3.62. The van der Waals surface area contributed by atoms with E-state index < -0.39 is 10.0 Å². The molecule has 0 saturated carbocycles. The van der Waals surface area contributed by atoms with Crippen LogP contribution in [-0.2, 0) is 30.5 Å². The lowest BCUT2D eigenvalue weighted by molar-refractivity contribution is 0.266. The maximum absolute atomic E-state index is 12.8. The van der Waals surface area contributed by atoms with Crippen molar-refractivity contribution in [3.05, 3.63) is 64.7 Å². The number of imidazole rings is 1. The van der Waals surface area contributed by atoms with E-state index >= 15 is 0 Å². The Labute approximate surface area is 169 Å². The summed E-state index contributed by atoms with van der Waals surface area (Å²) in [5, 5.41) is 4.48. The van der Waals surface area contributed by atoms with Gasteiger partial charge in [0.05, 0.1) is 6.33 Å². The molecule has 0 atom stereocenters. The molecule has 1 saturated heterocycles. The van der Waals surface area contributed by atoms with Crippen LogP contribution in [0.1, 0.15) is 30.3 Å². The molecule has 1 aliphatic heterocycles. The monoisotopic (exact) mass is 416 g/mol. The first-order valence-corrected chi connectivity index (χ1v) is 11.0. The fraction of sp³-hybridized carbons (Fsp3) is 0.421. The van der Waals surface area contributed by atoms with Gasteiger partial charge >= 0.3 is 5.69 Å². The Morgan fingerprint density at radius 3 is 2.41 bits per heavy atom. The number of aromatic nitrogens is 5. The van der Waals surface area contributed by atoms with Gasteiger partial charge in [0, 0.05) is 45.8 Å². The molecule has 1 aliphatic rings. The van der Waals surface area contributed by atoms with Gasteiger partial charge in [0.15, 0.2) is 5.03 Å². The van der Waals surface area contributed by atoms with E-state index in [4.69, 9.17) is 0 Å². The van der Waals surface area contributed by atoms with Crippen LogP contribution in [0, 0.1) is 0 Å². The topological polar surface area (TPSA) is 95.0 Å². The molecule has 0 spiro atoms. The van der Waals surface area contributed by atoms with E-state index in [0.29, 0.717) is 38.2 Å². The van der Waals surface area contributed by atoms with Crippen LogP contribution in [0.4, 0.5) is 0 Å². The second-order valence-electron chi connectivity index (χ2n) is 7.37. The van der Waals surface area contributed by atoms with E-state index in [1.807, 2.05) is 30.3 Å². The highest BCUT2D eigenvalue weighted by Crippen LogP contribution is 2.26. The summed E-state index contributed by atoms with van der Waals surface area (Å²) in [6, 6.07) is 9.80. The zero-order chi connectivity index (χ0) is 20.6. The Bertz CT molecular complexity index is 1150. The molecule has 0 unspecified atom stereocenters. The van der Waals surface area contributed by atoms with Crippen molar-refractivity contribution in [2.45, 2.75) is 30.3 Å². The summed E-state index contributed by atoms with van der Waals surface area (Å²) in [7, 11) is -0.233. The van der Waals surface area contributed by atoms with E-state index in [-0.39, 0.29) is 16.8 Å². The van der Waals surface area contributed by atoms with Crippen molar-refractivity contribution in [3.63, 3.8) is 0 Å². The van der Waals surface area contributed by atoms with Crippen LogP contribution in [0.3, 0.4) is 0 Å². The fourth-order valence-corrected chi connectivity index (χ4v) is 5.23.